The van der Waals surface area contributed by atoms with Crippen LogP contribution in [0.25, 0.3) is 10.4 Å². The Morgan fingerprint density at radius 3 is 2.43 bits per heavy atom. The SMILES string of the molecule is CCCO[C@H](C[C@H](C(C)C)N(COCC)C(=O)[C@@H](NC(=O)[C@H]1CCCCN1C)[C@@H](C)CC)c1nc(C(=O)N[C@@H](Cc2ccccc2)C(=O)NNC(=O)OCCOCCN=[N+]=[N-])cs1. The molecule has 1 aromatic carbocycles. The Balaban J connectivity index is 1.81. The summed E-state index contributed by atoms with van der Waals surface area (Å²) in [6.07, 6.45) is 3.00. The Morgan fingerprint density at radius 1 is 1.00 bits per heavy atom. The third-order valence-corrected chi connectivity index (χ3v) is 11.7. The van der Waals surface area contributed by atoms with Gasteiger partial charge in [0, 0.05) is 48.9 Å². The number of likely N-dealkylation sites (N-methyl/N-ethyl adjacent to an activating group) is 1. The predicted octanol–water partition coefficient (Wildman–Crippen LogP) is 5.29. The van der Waals surface area contributed by atoms with Crippen LogP contribution in [0.4, 0.5) is 4.79 Å². The van der Waals surface area contributed by atoms with Crippen LogP contribution in [0.5, 0.6) is 0 Å². The number of thiazole rings is 1. The highest BCUT2D eigenvalue weighted by Gasteiger charge is 2.38. The number of hydrogen-bond acceptors (Lipinski definition) is 13. The van der Waals surface area contributed by atoms with Gasteiger partial charge in [-0.1, -0.05) is 82.9 Å². The number of nitrogens with zero attached hydrogens (tertiary/aromatic N) is 6. The first-order chi connectivity index (χ1) is 30.3. The fourth-order valence-corrected chi connectivity index (χ4v) is 7.88. The minimum atomic E-state index is -1.12. The van der Waals surface area contributed by atoms with E-state index in [-0.39, 0.29) is 74.9 Å². The van der Waals surface area contributed by atoms with Crippen molar-refractivity contribution in [1.82, 2.24) is 36.3 Å². The number of hydrazine groups is 1. The third-order valence-electron chi connectivity index (χ3n) is 10.8. The second-order valence-corrected chi connectivity index (χ2v) is 16.7. The van der Waals surface area contributed by atoms with Crippen molar-refractivity contribution in [2.24, 2.45) is 17.0 Å². The zero-order valence-corrected chi connectivity index (χ0v) is 38.7. The van der Waals surface area contributed by atoms with Gasteiger partial charge in [0.2, 0.25) is 11.8 Å². The number of ether oxygens (including phenoxy) is 4. The fourth-order valence-electron chi connectivity index (χ4n) is 7.02. The highest BCUT2D eigenvalue weighted by molar-refractivity contribution is 7.09. The number of azide groups is 1. The summed E-state index contributed by atoms with van der Waals surface area (Å²) >= 11 is 1.24. The van der Waals surface area contributed by atoms with Crippen LogP contribution in [0, 0.1) is 11.8 Å². The smallest absolute Gasteiger partial charge is 0.426 e. The van der Waals surface area contributed by atoms with Crippen molar-refractivity contribution < 1.29 is 42.9 Å². The summed E-state index contributed by atoms with van der Waals surface area (Å²) in [5.41, 5.74) is 13.6. The molecule has 0 bridgehead atoms. The number of nitrogens with one attached hydrogen (secondary N) is 4. The Labute approximate surface area is 375 Å². The van der Waals surface area contributed by atoms with E-state index in [4.69, 9.17) is 29.5 Å². The molecular weight excluding hydrogens is 833 g/mol. The van der Waals surface area contributed by atoms with E-state index in [9.17, 15) is 24.0 Å². The molecule has 2 aromatic rings. The van der Waals surface area contributed by atoms with Crippen molar-refractivity contribution >= 4 is 41.1 Å². The molecule has 2 heterocycles. The molecule has 1 fully saturated rings. The summed E-state index contributed by atoms with van der Waals surface area (Å²) in [4.78, 5) is 79.0. The van der Waals surface area contributed by atoms with Gasteiger partial charge >= 0.3 is 6.09 Å². The number of piperidine rings is 1. The zero-order chi connectivity index (χ0) is 46.1. The lowest BCUT2D eigenvalue weighted by molar-refractivity contribution is -0.149. The Kier molecular flexibility index (Phi) is 24.0. The molecule has 0 saturated carbocycles. The van der Waals surface area contributed by atoms with Crippen LogP contribution < -0.4 is 21.5 Å². The second-order valence-electron chi connectivity index (χ2n) is 15.8. The van der Waals surface area contributed by atoms with Gasteiger partial charge in [-0.05, 0) is 62.7 Å². The average molecular weight is 901 g/mol. The van der Waals surface area contributed by atoms with Crippen molar-refractivity contribution in [3.05, 3.63) is 62.4 Å². The number of carbonyl (C=O) groups is 5. The lowest BCUT2D eigenvalue weighted by atomic mass is 9.92. The number of carbonyl (C=O) groups excluding carboxylic acids is 5. The number of hydrogen-bond donors (Lipinski definition) is 4. The summed E-state index contributed by atoms with van der Waals surface area (Å²) in [5, 5.41) is 11.4. The minimum Gasteiger partial charge on any atom is -0.446 e. The van der Waals surface area contributed by atoms with Gasteiger partial charge in [0.15, 0.2) is 0 Å². The van der Waals surface area contributed by atoms with Crippen LogP contribution in [0.1, 0.15) is 107 Å². The highest BCUT2D eigenvalue weighted by Crippen LogP contribution is 2.32. The number of benzene rings is 1. The first-order valence-electron chi connectivity index (χ1n) is 22.0. The van der Waals surface area contributed by atoms with Gasteiger partial charge in [-0.3, -0.25) is 29.5 Å². The summed E-state index contributed by atoms with van der Waals surface area (Å²) in [6, 6.07) is 6.48. The van der Waals surface area contributed by atoms with E-state index in [1.807, 2.05) is 78.9 Å². The third kappa shape index (κ3) is 17.7. The standard InChI is InChI=1S/C43H68N10O9S/c1-8-21-61-36(26-35(29(4)5)53(28-59-10-3)42(57)37(30(6)9-2)48-40(56)34-18-14-15-20-52(34)7)41-47-33(27-63-41)38(54)46-32(25-31-16-12-11-13-17-31)39(55)49-50-43(58)62-24-23-60-22-19-45-51-44/h11-13,16-17,27,29-30,32,34-37H,8-10,14-15,18-26,28H2,1-7H3,(H,46,54)(H,48,56)(H,49,55)(H,50,58)/t30-,32-,34+,35+,36+,37-/m0/s1. The van der Waals surface area contributed by atoms with Crippen LogP contribution >= 0.6 is 11.3 Å². The predicted molar refractivity (Wildman–Crippen MR) is 238 cm³/mol. The normalized spacial score (nSPS) is 16.4. The molecule has 20 heteroatoms. The molecule has 1 aliphatic rings. The quantitative estimate of drug-likeness (QED) is 0.0224. The molecule has 0 aliphatic carbocycles. The van der Waals surface area contributed by atoms with Gasteiger partial charge in [0.1, 0.15) is 42.2 Å². The van der Waals surface area contributed by atoms with Crippen molar-refractivity contribution in [3.63, 3.8) is 0 Å². The lowest BCUT2D eigenvalue weighted by Gasteiger charge is -2.40. The fraction of sp³-hybridized carbons (Fsp3) is 0.674. The molecule has 1 aliphatic heterocycles. The van der Waals surface area contributed by atoms with Crippen LogP contribution in [0.3, 0.4) is 0 Å². The summed E-state index contributed by atoms with van der Waals surface area (Å²) in [6.45, 7) is 13.7. The molecule has 0 unspecified atom stereocenters. The molecule has 4 N–H and O–H groups in total. The lowest BCUT2D eigenvalue weighted by Crippen LogP contribution is -2.59. The van der Waals surface area contributed by atoms with E-state index in [1.54, 1.807) is 10.3 Å². The molecular formula is C43H68N10O9S. The van der Waals surface area contributed by atoms with Crippen LogP contribution in [0.2, 0.25) is 0 Å². The first kappa shape index (κ1) is 52.5. The van der Waals surface area contributed by atoms with Crippen LogP contribution in [0.15, 0.2) is 40.8 Å². The van der Waals surface area contributed by atoms with E-state index >= 15 is 0 Å². The Bertz CT molecular complexity index is 1760. The summed E-state index contributed by atoms with van der Waals surface area (Å²) in [5.74, 6) is -1.90. The first-order valence-corrected chi connectivity index (χ1v) is 22.8. The number of rotatable bonds is 27. The second kappa shape index (κ2) is 28.8. The van der Waals surface area contributed by atoms with Gasteiger partial charge in [-0.2, -0.15) is 0 Å². The average Bonchev–Trinajstić information content (AvgIpc) is 3.78. The van der Waals surface area contributed by atoms with E-state index in [1.165, 1.54) is 11.3 Å². The van der Waals surface area contributed by atoms with Gasteiger partial charge in [-0.15, -0.1) is 11.3 Å². The molecule has 63 heavy (non-hydrogen) atoms. The number of amides is 5. The van der Waals surface area contributed by atoms with Crippen molar-refractivity contribution in [3.8, 4) is 0 Å². The molecule has 0 spiro atoms. The number of aromatic nitrogens is 1. The van der Waals surface area contributed by atoms with Crippen LogP contribution in [-0.2, 0) is 39.8 Å². The van der Waals surface area contributed by atoms with E-state index in [0.29, 0.717) is 37.5 Å². The Morgan fingerprint density at radius 2 is 1.76 bits per heavy atom. The molecule has 350 valence electrons. The monoisotopic (exact) mass is 900 g/mol. The Hall–Kier alpha value is -4.85. The summed E-state index contributed by atoms with van der Waals surface area (Å²) in [7, 11) is 1.95. The van der Waals surface area contributed by atoms with Gasteiger partial charge in [0.05, 0.1) is 19.3 Å². The largest absolute Gasteiger partial charge is 0.446 e. The highest BCUT2D eigenvalue weighted by atomic mass is 32.1. The molecule has 1 saturated heterocycles. The molecule has 3 rings (SSSR count). The maximum Gasteiger partial charge on any atom is 0.426 e. The number of likely N-dealkylation sites (tertiary alicyclic amines) is 1. The van der Waals surface area contributed by atoms with Crippen molar-refractivity contribution in [1.29, 1.82) is 0 Å². The van der Waals surface area contributed by atoms with E-state index in [2.05, 4.69) is 36.4 Å². The maximum atomic E-state index is 14.7. The van der Waals surface area contributed by atoms with E-state index < -0.39 is 42.1 Å². The molecule has 1 aromatic heterocycles. The topological polar surface area (TPSA) is 239 Å². The van der Waals surface area contributed by atoms with Crippen molar-refractivity contribution in [2.45, 2.75) is 117 Å². The maximum absolute atomic E-state index is 14.7. The van der Waals surface area contributed by atoms with E-state index in [0.717, 1.165) is 31.4 Å². The molecule has 6 atom stereocenters. The molecule has 0 radical (unpaired) electrons. The minimum absolute atomic E-state index is 0.0162. The van der Waals surface area contributed by atoms with Crippen LogP contribution in [-0.4, -0.2) is 129 Å². The van der Waals surface area contributed by atoms with Gasteiger partial charge < -0.3 is 34.5 Å². The van der Waals surface area contributed by atoms with Gasteiger partial charge in [0.25, 0.3) is 11.8 Å². The summed E-state index contributed by atoms with van der Waals surface area (Å²) < 4.78 is 22.5. The van der Waals surface area contributed by atoms with Gasteiger partial charge in [-0.25, -0.2) is 15.2 Å². The molecule has 19 nitrogen and oxygen atoms in total. The molecule has 5 amide bonds. The van der Waals surface area contributed by atoms with Crippen molar-refractivity contribution in [2.75, 3.05) is 59.9 Å². The zero-order valence-electron chi connectivity index (χ0n) is 37.9.